The maximum Gasteiger partial charge on any atom is 0.336 e. The highest BCUT2D eigenvalue weighted by atomic mass is 32.2. The quantitative estimate of drug-likeness (QED) is 0.142. The van der Waals surface area contributed by atoms with Crippen molar-refractivity contribution < 1.29 is 32.9 Å². The normalized spacial score (nSPS) is 12.0. The van der Waals surface area contributed by atoms with Crippen LogP contribution in [0.25, 0.3) is 11.1 Å². The van der Waals surface area contributed by atoms with E-state index in [0.29, 0.717) is 46.9 Å². The van der Waals surface area contributed by atoms with Crippen LogP contribution in [-0.2, 0) is 16.6 Å². The minimum Gasteiger partial charge on any atom is -0.492 e. The molecule has 0 heterocycles. The van der Waals surface area contributed by atoms with Crippen LogP contribution < -0.4 is 19.5 Å². The van der Waals surface area contributed by atoms with Crippen LogP contribution >= 0.6 is 0 Å². The molecule has 0 radical (unpaired) electrons. The second kappa shape index (κ2) is 14.2. The Kier molecular flexibility index (Phi) is 10.4. The molecule has 43 heavy (non-hydrogen) atoms. The van der Waals surface area contributed by atoms with Crippen LogP contribution in [0, 0.1) is 13.8 Å². The van der Waals surface area contributed by atoms with E-state index in [1.54, 1.807) is 32.0 Å². The maximum absolute atomic E-state index is 11.9. The van der Waals surface area contributed by atoms with Crippen LogP contribution in [0.1, 0.15) is 38.7 Å². The maximum atomic E-state index is 11.9. The fourth-order valence-corrected chi connectivity index (χ4v) is 5.26. The predicted molar refractivity (Wildman–Crippen MR) is 167 cm³/mol. The van der Waals surface area contributed by atoms with Gasteiger partial charge in [0.25, 0.3) is 0 Å². The monoisotopic (exact) mass is 604 g/mol. The van der Waals surface area contributed by atoms with Crippen LogP contribution in [0.5, 0.6) is 11.5 Å². The van der Waals surface area contributed by atoms with E-state index in [-0.39, 0.29) is 18.8 Å². The largest absolute Gasteiger partial charge is 0.492 e. The summed E-state index contributed by atoms with van der Waals surface area (Å²) in [6.45, 7) is 4.93. The first-order valence-electron chi connectivity index (χ1n) is 13.7. The smallest absolute Gasteiger partial charge is 0.336 e. The van der Waals surface area contributed by atoms with Crippen molar-refractivity contribution in [2.24, 2.45) is 0 Å². The number of aryl methyl sites for hydroxylation is 2. The average molecular weight is 605 g/mol. The van der Waals surface area contributed by atoms with Crippen LogP contribution in [0.2, 0.25) is 0 Å². The number of carbonyl (C=O) groups is 1. The van der Waals surface area contributed by atoms with Crippen molar-refractivity contribution in [3.05, 3.63) is 113 Å². The fourth-order valence-electron chi connectivity index (χ4n) is 4.70. The van der Waals surface area contributed by atoms with Gasteiger partial charge in [0.15, 0.2) is 0 Å². The van der Waals surface area contributed by atoms with E-state index in [0.717, 1.165) is 22.9 Å². The average Bonchev–Trinajstić information content (AvgIpc) is 2.95. The molecule has 10 heteroatoms. The van der Waals surface area contributed by atoms with Gasteiger partial charge in [-0.05, 0) is 71.5 Å². The number of carboxylic acid groups (broad SMARTS) is 1. The zero-order valence-corrected chi connectivity index (χ0v) is 25.1. The number of anilines is 1. The third-order valence-corrected chi connectivity index (χ3v) is 7.33. The van der Waals surface area contributed by atoms with Crippen LogP contribution in [0.15, 0.2) is 84.9 Å². The molecule has 0 aromatic heterocycles. The fraction of sp³-hybridized carbons (Fsp3) is 0.242. The summed E-state index contributed by atoms with van der Waals surface area (Å²) in [7, 11) is -3.57. The number of benzene rings is 4. The number of sulfonamides is 1. The van der Waals surface area contributed by atoms with Crippen molar-refractivity contribution in [2.45, 2.75) is 26.6 Å². The van der Waals surface area contributed by atoms with Gasteiger partial charge in [0.2, 0.25) is 10.0 Å². The zero-order chi connectivity index (χ0) is 31.0. The highest BCUT2D eigenvalue weighted by Gasteiger charge is 2.15. The second-order valence-corrected chi connectivity index (χ2v) is 12.0. The molecule has 1 unspecified atom stereocenters. The number of rotatable bonds is 14. The molecule has 4 rings (SSSR count). The second-order valence-electron chi connectivity index (χ2n) is 10.3. The Hall–Kier alpha value is -4.38. The van der Waals surface area contributed by atoms with Gasteiger partial charge >= 0.3 is 5.97 Å². The molecule has 1 atom stereocenters. The van der Waals surface area contributed by atoms with E-state index < -0.39 is 22.1 Å². The Morgan fingerprint density at radius 3 is 2.19 bits per heavy atom. The molecule has 0 amide bonds. The number of ether oxygens (including phenoxy) is 2. The minimum atomic E-state index is -3.57. The van der Waals surface area contributed by atoms with Crippen molar-refractivity contribution in [2.75, 3.05) is 30.7 Å². The summed E-state index contributed by atoms with van der Waals surface area (Å²) in [5.41, 5.74) is 5.38. The van der Waals surface area contributed by atoms with Crippen molar-refractivity contribution in [1.82, 2.24) is 5.32 Å². The molecule has 0 fully saturated rings. The van der Waals surface area contributed by atoms with E-state index in [1.165, 1.54) is 0 Å². The molecule has 9 nitrogen and oxygen atoms in total. The highest BCUT2D eigenvalue weighted by Crippen LogP contribution is 2.30. The molecule has 0 bridgehead atoms. The first kappa shape index (κ1) is 31.6. The molecule has 0 aliphatic heterocycles. The van der Waals surface area contributed by atoms with Gasteiger partial charge in [-0.25, -0.2) is 13.2 Å². The highest BCUT2D eigenvalue weighted by molar-refractivity contribution is 7.92. The summed E-state index contributed by atoms with van der Waals surface area (Å²) in [5, 5.41) is 23.3. The third-order valence-electron chi connectivity index (χ3n) is 6.74. The minimum absolute atomic E-state index is 0.232. The van der Waals surface area contributed by atoms with Gasteiger partial charge in [0.05, 0.1) is 23.6 Å². The predicted octanol–water partition coefficient (Wildman–Crippen LogP) is 5.32. The Morgan fingerprint density at radius 1 is 0.884 bits per heavy atom. The van der Waals surface area contributed by atoms with Crippen molar-refractivity contribution in [3.8, 4) is 22.6 Å². The summed E-state index contributed by atoms with van der Waals surface area (Å²) >= 11 is 0. The zero-order valence-electron chi connectivity index (χ0n) is 24.3. The van der Waals surface area contributed by atoms with E-state index in [1.807, 2.05) is 66.7 Å². The van der Waals surface area contributed by atoms with E-state index in [4.69, 9.17) is 9.47 Å². The van der Waals surface area contributed by atoms with Crippen molar-refractivity contribution >= 4 is 21.7 Å². The number of hydrogen-bond acceptors (Lipinski definition) is 7. The van der Waals surface area contributed by atoms with Gasteiger partial charge < -0.3 is 25.0 Å². The standard InChI is InChI=1S/C33H36N2O7S/c1-22-17-27(18-23(2)32(22)33(37)38)25-9-12-28(13-10-25)41-16-15-34-20-30(36)26-11-14-31(29(19-26)35-43(3,39)40)42-21-24-7-5-4-6-8-24/h4-14,17-19,30,34-36H,15-16,20-21H2,1-3H3,(H,37,38). The lowest BCUT2D eigenvalue weighted by atomic mass is 9.95. The lowest BCUT2D eigenvalue weighted by Gasteiger charge is -2.17. The molecule has 4 aromatic rings. The Balaban J connectivity index is 1.28. The molecular weight excluding hydrogens is 568 g/mol. The van der Waals surface area contributed by atoms with Gasteiger partial charge in [-0.3, -0.25) is 4.72 Å². The molecule has 0 spiro atoms. The van der Waals surface area contributed by atoms with Gasteiger partial charge in [0, 0.05) is 13.1 Å². The number of carboxylic acids is 1. The third kappa shape index (κ3) is 9.05. The Bertz CT molecular complexity index is 1630. The number of aliphatic hydroxyl groups excluding tert-OH is 1. The van der Waals surface area contributed by atoms with Gasteiger partial charge in [-0.15, -0.1) is 0 Å². The first-order valence-corrected chi connectivity index (χ1v) is 15.6. The Labute approximate surface area is 252 Å². The Morgan fingerprint density at radius 2 is 1.56 bits per heavy atom. The van der Waals surface area contributed by atoms with Crippen LogP contribution in [0.4, 0.5) is 5.69 Å². The van der Waals surface area contributed by atoms with Gasteiger partial charge in [-0.2, -0.15) is 0 Å². The number of nitrogens with one attached hydrogen (secondary N) is 2. The van der Waals surface area contributed by atoms with Crippen molar-refractivity contribution in [1.29, 1.82) is 0 Å². The summed E-state index contributed by atoms with van der Waals surface area (Å²) in [6, 6.07) is 25.8. The SMILES string of the molecule is Cc1cc(-c2ccc(OCCNCC(O)c3ccc(OCc4ccccc4)c(NS(C)(=O)=O)c3)cc2)cc(C)c1C(=O)O. The van der Waals surface area contributed by atoms with E-state index >= 15 is 0 Å². The topological polar surface area (TPSA) is 134 Å². The molecule has 0 saturated heterocycles. The molecule has 0 aliphatic carbocycles. The number of aliphatic hydroxyl groups is 1. The molecule has 0 saturated carbocycles. The molecule has 4 aromatic carbocycles. The number of aromatic carboxylic acids is 1. The lowest BCUT2D eigenvalue weighted by Crippen LogP contribution is -2.26. The van der Waals surface area contributed by atoms with Crippen molar-refractivity contribution in [3.63, 3.8) is 0 Å². The van der Waals surface area contributed by atoms with Gasteiger partial charge in [-0.1, -0.05) is 60.7 Å². The number of hydrogen-bond donors (Lipinski definition) is 4. The summed E-state index contributed by atoms with van der Waals surface area (Å²) in [5.74, 6) is 0.117. The molecule has 4 N–H and O–H groups in total. The first-order chi connectivity index (χ1) is 20.5. The molecule has 0 aliphatic rings. The lowest BCUT2D eigenvalue weighted by molar-refractivity contribution is 0.0695. The molecular formula is C33H36N2O7S. The summed E-state index contributed by atoms with van der Waals surface area (Å²) in [6.07, 6.45) is 0.175. The van der Waals surface area contributed by atoms with E-state index in [9.17, 15) is 23.4 Å². The van der Waals surface area contributed by atoms with Gasteiger partial charge in [0.1, 0.15) is 24.7 Å². The van der Waals surface area contributed by atoms with Crippen LogP contribution in [-0.4, -0.2) is 50.6 Å². The summed E-state index contributed by atoms with van der Waals surface area (Å²) < 4.78 is 38.0. The molecule has 226 valence electrons. The van der Waals surface area contributed by atoms with E-state index in [2.05, 4.69) is 10.0 Å². The van der Waals surface area contributed by atoms with Crippen LogP contribution in [0.3, 0.4) is 0 Å². The summed E-state index contributed by atoms with van der Waals surface area (Å²) in [4.78, 5) is 11.5.